The van der Waals surface area contributed by atoms with Crippen molar-refractivity contribution in [3.8, 4) is 5.75 Å². The summed E-state index contributed by atoms with van der Waals surface area (Å²) in [7, 11) is 5.38. The fraction of sp³-hybridized carbons (Fsp3) is 0.500. The van der Waals surface area contributed by atoms with E-state index in [0.29, 0.717) is 26.4 Å². The molecule has 1 N–H and O–H groups in total. The number of nitrogens with one attached hydrogen (secondary N) is 1. The van der Waals surface area contributed by atoms with Crippen molar-refractivity contribution < 1.29 is 14.2 Å². The quantitative estimate of drug-likeness (QED) is 0.264. The van der Waals surface area contributed by atoms with E-state index in [0.717, 1.165) is 35.9 Å². The Morgan fingerprint density at radius 2 is 2.21 bits per heavy atom. The maximum Gasteiger partial charge on any atom is 0.193 e. The minimum atomic E-state index is 0. The Hall–Kier alpha value is -1.85. The molecule has 1 atom stereocenters. The molecule has 1 aliphatic heterocycles. The van der Waals surface area contributed by atoms with Crippen LogP contribution in [0, 0.1) is 0 Å². The van der Waals surface area contributed by atoms with Gasteiger partial charge in [-0.2, -0.15) is 5.10 Å². The minimum absolute atomic E-state index is 0. The number of nitrogens with zero attached hydrogens (tertiary/aromatic N) is 4. The number of morpholine rings is 1. The van der Waals surface area contributed by atoms with Crippen LogP contribution in [0.4, 0.5) is 0 Å². The van der Waals surface area contributed by atoms with Gasteiger partial charge in [0, 0.05) is 44.5 Å². The van der Waals surface area contributed by atoms with Crippen molar-refractivity contribution in [3.05, 3.63) is 47.8 Å². The number of guanidine groups is 1. The van der Waals surface area contributed by atoms with E-state index in [2.05, 4.69) is 20.3 Å². The van der Waals surface area contributed by atoms with Gasteiger partial charge in [0.05, 0.1) is 39.7 Å². The number of methoxy groups -OCH3 is 1. The van der Waals surface area contributed by atoms with Gasteiger partial charge in [0.2, 0.25) is 0 Å². The van der Waals surface area contributed by atoms with Crippen molar-refractivity contribution in [2.45, 2.75) is 12.7 Å². The van der Waals surface area contributed by atoms with Crippen LogP contribution < -0.4 is 10.1 Å². The molecule has 0 bridgehead atoms. The minimum Gasteiger partial charge on any atom is -0.496 e. The molecule has 0 aliphatic carbocycles. The standard InChI is InChI=1S/C20H29N5O3.HI/c1-21-20(22-8-10-27-15-16-6-4-5-7-18(16)26-3)25-9-11-28-19(14-25)17-12-23-24(2)13-17;/h4-7,12-13,19H,8-11,14-15H2,1-3H3,(H,21,22);1H. The van der Waals surface area contributed by atoms with Gasteiger partial charge in [0.1, 0.15) is 11.9 Å². The Bertz CT molecular complexity index is 783. The van der Waals surface area contributed by atoms with Crippen LogP contribution in [0.5, 0.6) is 5.75 Å². The van der Waals surface area contributed by atoms with Crippen LogP contribution in [-0.4, -0.2) is 67.6 Å². The summed E-state index contributed by atoms with van der Waals surface area (Å²) >= 11 is 0. The van der Waals surface area contributed by atoms with E-state index in [4.69, 9.17) is 14.2 Å². The van der Waals surface area contributed by atoms with Crippen LogP contribution in [0.1, 0.15) is 17.2 Å². The normalized spacial score (nSPS) is 17.0. The average Bonchev–Trinajstić information content (AvgIpc) is 3.17. The molecular weight excluding hydrogens is 485 g/mol. The molecule has 160 valence electrons. The third kappa shape index (κ3) is 6.58. The summed E-state index contributed by atoms with van der Waals surface area (Å²) < 4.78 is 18.8. The van der Waals surface area contributed by atoms with Gasteiger partial charge in [-0.1, -0.05) is 18.2 Å². The van der Waals surface area contributed by atoms with Crippen LogP contribution in [-0.2, 0) is 23.1 Å². The first-order valence-corrected chi connectivity index (χ1v) is 9.46. The van der Waals surface area contributed by atoms with Crippen molar-refractivity contribution in [3.63, 3.8) is 0 Å². The molecule has 1 fully saturated rings. The van der Waals surface area contributed by atoms with Crippen LogP contribution in [0.2, 0.25) is 0 Å². The van der Waals surface area contributed by atoms with E-state index in [-0.39, 0.29) is 30.1 Å². The zero-order valence-corrected chi connectivity index (χ0v) is 19.5. The zero-order valence-electron chi connectivity index (χ0n) is 17.2. The van der Waals surface area contributed by atoms with Gasteiger partial charge in [-0.25, -0.2) is 0 Å². The van der Waals surface area contributed by atoms with E-state index in [1.165, 1.54) is 0 Å². The number of para-hydroxylation sites is 1. The molecule has 29 heavy (non-hydrogen) atoms. The summed E-state index contributed by atoms with van der Waals surface area (Å²) in [6.07, 6.45) is 3.86. The maximum absolute atomic E-state index is 5.90. The molecule has 0 radical (unpaired) electrons. The highest BCUT2D eigenvalue weighted by Gasteiger charge is 2.25. The molecule has 1 saturated heterocycles. The summed E-state index contributed by atoms with van der Waals surface area (Å²) in [6.45, 7) is 3.98. The lowest BCUT2D eigenvalue weighted by Crippen LogP contribution is -2.48. The molecule has 0 saturated carbocycles. The summed E-state index contributed by atoms with van der Waals surface area (Å²) in [5.41, 5.74) is 2.13. The number of aryl methyl sites for hydroxylation is 1. The summed E-state index contributed by atoms with van der Waals surface area (Å²) in [6, 6.07) is 7.89. The van der Waals surface area contributed by atoms with Gasteiger partial charge < -0.3 is 24.4 Å². The molecule has 2 aromatic rings. The predicted octanol–water partition coefficient (Wildman–Crippen LogP) is 2.21. The monoisotopic (exact) mass is 515 g/mol. The average molecular weight is 515 g/mol. The number of hydrogen-bond donors (Lipinski definition) is 1. The summed E-state index contributed by atoms with van der Waals surface area (Å²) in [5.74, 6) is 1.71. The highest BCUT2D eigenvalue weighted by molar-refractivity contribution is 14.0. The van der Waals surface area contributed by atoms with Gasteiger partial charge in [-0.3, -0.25) is 9.67 Å². The predicted molar refractivity (Wildman–Crippen MR) is 123 cm³/mol. The van der Waals surface area contributed by atoms with Crippen molar-refractivity contribution in [1.29, 1.82) is 0 Å². The van der Waals surface area contributed by atoms with Crippen LogP contribution in [0.25, 0.3) is 0 Å². The first-order chi connectivity index (χ1) is 13.7. The summed E-state index contributed by atoms with van der Waals surface area (Å²) in [5, 5.41) is 7.61. The van der Waals surface area contributed by atoms with Crippen LogP contribution >= 0.6 is 24.0 Å². The lowest BCUT2D eigenvalue weighted by molar-refractivity contribution is -0.00816. The molecule has 0 spiro atoms. The maximum atomic E-state index is 5.90. The Kier molecular flexibility index (Phi) is 9.68. The third-order valence-electron chi connectivity index (χ3n) is 4.65. The number of hydrogen-bond acceptors (Lipinski definition) is 5. The lowest BCUT2D eigenvalue weighted by atomic mass is 10.1. The first kappa shape index (κ1) is 23.4. The van der Waals surface area contributed by atoms with E-state index in [9.17, 15) is 0 Å². The number of rotatable bonds is 7. The molecule has 1 aromatic heterocycles. The Morgan fingerprint density at radius 1 is 1.38 bits per heavy atom. The van der Waals surface area contributed by atoms with Gasteiger partial charge in [-0.05, 0) is 6.07 Å². The topological polar surface area (TPSA) is 73.1 Å². The van der Waals surface area contributed by atoms with Crippen LogP contribution in [0.15, 0.2) is 41.7 Å². The van der Waals surface area contributed by atoms with Crippen molar-refractivity contribution in [2.24, 2.45) is 12.0 Å². The number of ether oxygens (including phenoxy) is 3. The van der Waals surface area contributed by atoms with Gasteiger partial charge in [-0.15, -0.1) is 24.0 Å². The smallest absolute Gasteiger partial charge is 0.193 e. The van der Waals surface area contributed by atoms with E-state index in [1.807, 2.05) is 43.7 Å². The molecule has 2 heterocycles. The molecular formula is C20H30IN5O3. The second-order valence-electron chi connectivity index (χ2n) is 6.59. The first-order valence-electron chi connectivity index (χ1n) is 9.46. The Labute approximate surface area is 189 Å². The SMILES string of the molecule is CN=C(NCCOCc1ccccc1OC)N1CCOC(c2cnn(C)c2)C1.I. The Balaban J connectivity index is 0.00000300. The third-order valence-corrected chi connectivity index (χ3v) is 4.65. The zero-order chi connectivity index (χ0) is 19.8. The van der Waals surface area contributed by atoms with E-state index < -0.39 is 0 Å². The largest absolute Gasteiger partial charge is 0.496 e. The molecule has 1 aliphatic rings. The molecule has 3 rings (SSSR count). The molecule has 1 aromatic carbocycles. The number of aromatic nitrogens is 2. The molecule has 0 amide bonds. The highest BCUT2D eigenvalue weighted by Crippen LogP contribution is 2.21. The lowest BCUT2D eigenvalue weighted by Gasteiger charge is -2.34. The summed E-state index contributed by atoms with van der Waals surface area (Å²) in [4.78, 5) is 6.62. The fourth-order valence-corrected chi connectivity index (χ4v) is 3.22. The molecule has 1 unspecified atom stereocenters. The second kappa shape index (κ2) is 12.0. The van der Waals surface area contributed by atoms with Crippen molar-refractivity contribution >= 4 is 29.9 Å². The van der Waals surface area contributed by atoms with Crippen molar-refractivity contribution in [1.82, 2.24) is 20.0 Å². The highest BCUT2D eigenvalue weighted by atomic mass is 127. The van der Waals surface area contributed by atoms with Gasteiger partial charge in [0.15, 0.2) is 5.96 Å². The second-order valence-corrected chi connectivity index (χ2v) is 6.59. The molecule has 8 nitrogen and oxygen atoms in total. The fourth-order valence-electron chi connectivity index (χ4n) is 3.22. The molecule has 9 heteroatoms. The van der Waals surface area contributed by atoms with Gasteiger partial charge >= 0.3 is 0 Å². The number of benzene rings is 1. The van der Waals surface area contributed by atoms with E-state index in [1.54, 1.807) is 18.8 Å². The van der Waals surface area contributed by atoms with E-state index >= 15 is 0 Å². The number of aliphatic imine (C=N–C) groups is 1. The van der Waals surface area contributed by atoms with Crippen LogP contribution in [0.3, 0.4) is 0 Å². The van der Waals surface area contributed by atoms with Crippen molar-refractivity contribution in [2.75, 3.05) is 47.0 Å². The Morgan fingerprint density at radius 3 is 2.93 bits per heavy atom. The number of halogens is 1. The van der Waals surface area contributed by atoms with Gasteiger partial charge in [0.25, 0.3) is 0 Å².